The molecule has 1 unspecified atom stereocenters. The number of carboxylic acid groups (broad SMARTS) is 1. The number of likely N-dealkylation sites (N-methyl/N-ethyl adjacent to an activating group) is 1. The quantitative estimate of drug-likeness (QED) is 0.878. The first-order valence-electron chi connectivity index (χ1n) is 5.62. The number of hydrogen-bond acceptors (Lipinski definition) is 4. The monoisotopic (exact) mass is 271 g/mol. The van der Waals surface area contributed by atoms with Gasteiger partial charge >= 0.3 is 5.97 Å². The Hall–Kier alpha value is -1.46. The lowest BCUT2D eigenvalue weighted by Crippen LogP contribution is -2.25. The number of fused-ring (bicyclic) bond motifs is 1. The second-order valence-corrected chi connectivity index (χ2v) is 4.35. The molecular weight excluding hydrogens is 258 g/mol. The van der Waals surface area contributed by atoms with Gasteiger partial charge in [-0.1, -0.05) is 11.6 Å². The van der Waals surface area contributed by atoms with Crippen molar-refractivity contribution in [3.05, 3.63) is 22.7 Å². The number of ether oxygens (including phenoxy) is 2. The van der Waals surface area contributed by atoms with Crippen LogP contribution in [0.25, 0.3) is 0 Å². The summed E-state index contributed by atoms with van der Waals surface area (Å²) in [5, 5.41) is 12.2. The van der Waals surface area contributed by atoms with Crippen LogP contribution in [0.3, 0.4) is 0 Å². The van der Waals surface area contributed by atoms with Crippen molar-refractivity contribution < 1.29 is 19.4 Å². The highest BCUT2D eigenvalue weighted by atomic mass is 35.5. The molecular formula is C12H14ClNO4. The Bertz CT molecular complexity index is 464. The Morgan fingerprint density at radius 3 is 2.83 bits per heavy atom. The van der Waals surface area contributed by atoms with Crippen LogP contribution in [0, 0.1) is 0 Å². The van der Waals surface area contributed by atoms with Crippen molar-refractivity contribution in [2.75, 3.05) is 20.3 Å². The molecule has 0 saturated heterocycles. The molecule has 98 valence electrons. The summed E-state index contributed by atoms with van der Waals surface area (Å²) < 4.78 is 11.0. The molecule has 2 rings (SSSR count). The van der Waals surface area contributed by atoms with Crippen molar-refractivity contribution >= 4 is 17.6 Å². The second-order valence-electron chi connectivity index (χ2n) is 3.94. The third-order valence-corrected chi connectivity index (χ3v) is 2.97. The van der Waals surface area contributed by atoms with E-state index in [1.165, 1.54) is 0 Å². The smallest absolute Gasteiger partial charge is 0.325 e. The molecule has 0 aliphatic carbocycles. The lowest BCUT2D eigenvalue weighted by molar-refractivity contribution is -0.139. The Morgan fingerprint density at radius 2 is 2.17 bits per heavy atom. The van der Waals surface area contributed by atoms with Crippen molar-refractivity contribution in [3.8, 4) is 11.5 Å². The van der Waals surface area contributed by atoms with Gasteiger partial charge in [0, 0.05) is 6.42 Å². The molecule has 1 aliphatic rings. The minimum Gasteiger partial charge on any atom is -0.489 e. The van der Waals surface area contributed by atoms with E-state index in [0.29, 0.717) is 35.3 Å². The normalized spacial score (nSPS) is 15.9. The SMILES string of the molecule is CNC(C(=O)O)c1cc(Cl)c2c(c1)OCCCO2. The minimum atomic E-state index is -0.969. The first-order valence-corrected chi connectivity index (χ1v) is 6.00. The Kier molecular flexibility index (Phi) is 3.93. The zero-order valence-electron chi connectivity index (χ0n) is 9.90. The second kappa shape index (κ2) is 5.46. The van der Waals surface area contributed by atoms with E-state index >= 15 is 0 Å². The molecule has 18 heavy (non-hydrogen) atoms. The zero-order valence-corrected chi connectivity index (χ0v) is 10.7. The third-order valence-electron chi connectivity index (χ3n) is 2.69. The predicted octanol–water partition coefficient (Wildman–Crippen LogP) is 1.85. The summed E-state index contributed by atoms with van der Waals surface area (Å²) in [6, 6.07) is 2.42. The number of carbonyl (C=O) groups is 1. The van der Waals surface area contributed by atoms with Gasteiger partial charge in [0.1, 0.15) is 6.04 Å². The van der Waals surface area contributed by atoms with Gasteiger partial charge in [0.15, 0.2) is 11.5 Å². The summed E-state index contributed by atoms with van der Waals surface area (Å²) in [4.78, 5) is 11.1. The molecule has 1 aromatic carbocycles. The molecule has 0 fully saturated rings. The van der Waals surface area contributed by atoms with Crippen LogP contribution in [-0.4, -0.2) is 31.3 Å². The lowest BCUT2D eigenvalue weighted by Gasteiger charge is -2.15. The summed E-state index contributed by atoms with van der Waals surface area (Å²) in [7, 11) is 1.58. The summed E-state index contributed by atoms with van der Waals surface area (Å²) >= 11 is 6.10. The number of nitrogens with one attached hydrogen (secondary N) is 1. The minimum absolute atomic E-state index is 0.367. The van der Waals surface area contributed by atoms with Gasteiger partial charge in [-0.25, -0.2) is 0 Å². The zero-order chi connectivity index (χ0) is 13.1. The van der Waals surface area contributed by atoms with E-state index in [-0.39, 0.29) is 0 Å². The van der Waals surface area contributed by atoms with Crippen LogP contribution < -0.4 is 14.8 Å². The Morgan fingerprint density at radius 1 is 1.44 bits per heavy atom. The molecule has 1 aliphatic heterocycles. The number of halogens is 1. The van der Waals surface area contributed by atoms with Crippen LogP contribution in [0.4, 0.5) is 0 Å². The van der Waals surface area contributed by atoms with Gasteiger partial charge < -0.3 is 19.9 Å². The van der Waals surface area contributed by atoms with E-state index in [9.17, 15) is 4.79 Å². The van der Waals surface area contributed by atoms with Crippen molar-refractivity contribution in [3.63, 3.8) is 0 Å². The van der Waals surface area contributed by atoms with Gasteiger partial charge in [-0.3, -0.25) is 4.79 Å². The van der Waals surface area contributed by atoms with E-state index in [2.05, 4.69) is 5.32 Å². The van der Waals surface area contributed by atoms with Gasteiger partial charge in [-0.15, -0.1) is 0 Å². The predicted molar refractivity (Wildman–Crippen MR) is 66.5 cm³/mol. The Labute approximate surface area is 110 Å². The van der Waals surface area contributed by atoms with Crippen LogP contribution in [0.5, 0.6) is 11.5 Å². The molecule has 0 amide bonds. The Balaban J connectivity index is 2.42. The molecule has 0 bridgehead atoms. The molecule has 6 heteroatoms. The van der Waals surface area contributed by atoms with Crippen molar-refractivity contribution in [2.45, 2.75) is 12.5 Å². The molecule has 1 heterocycles. The average Bonchev–Trinajstić information content (AvgIpc) is 2.55. The summed E-state index contributed by atoms with van der Waals surface area (Å²) in [5.74, 6) is 0.0118. The maximum absolute atomic E-state index is 11.1. The third kappa shape index (κ3) is 2.52. The maximum Gasteiger partial charge on any atom is 0.325 e. The van der Waals surface area contributed by atoms with E-state index < -0.39 is 12.0 Å². The standard InChI is InChI=1S/C12H14ClNO4/c1-14-10(12(15)16)7-5-8(13)11-9(6-7)17-3-2-4-18-11/h5-6,10,14H,2-4H2,1H3,(H,15,16). The van der Waals surface area contributed by atoms with Crippen molar-refractivity contribution in [1.82, 2.24) is 5.32 Å². The van der Waals surface area contributed by atoms with Crippen molar-refractivity contribution in [2.24, 2.45) is 0 Å². The fourth-order valence-electron chi connectivity index (χ4n) is 1.85. The molecule has 0 saturated carbocycles. The van der Waals surface area contributed by atoms with Crippen LogP contribution >= 0.6 is 11.6 Å². The maximum atomic E-state index is 11.1. The largest absolute Gasteiger partial charge is 0.489 e. The van der Waals surface area contributed by atoms with E-state index in [1.807, 2.05) is 0 Å². The molecule has 0 radical (unpaired) electrons. The highest BCUT2D eigenvalue weighted by molar-refractivity contribution is 6.32. The fraction of sp³-hybridized carbons (Fsp3) is 0.417. The van der Waals surface area contributed by atoms with E-state index in [0.717, 1.165) is 6.42 Å². The van der Waals surface area contributed by atoms with Gasteiger partial charge in [0.05, 0.1) is 18.2 Å². The number of hydrogen-bond donors (Lipinski definition) is 2. The number of benzene rings is 1. The number of rotatable bonds is 3. The molecule has 5 nitrogen and oxygen atoms in total. The number of aliphatic carboxylic acids is 1. The van der Waals surface area contributed by atoms with Crippen LogP contribution in [0.2, 0.25) is 5.02 Å². The topological polar surface area (TPSA) is 67.8 Å². The summed E-state index contributed by atoms with van der Waals surface area (Å²) in [6.07, 6.45) is 0.773. The molecule has 1 aromatic rings. The van der Waals surface area contributed by atoms with E-state index in [4.69, 9.17) is 26.2 Å². The summed E-state index contributed by atoms with van der Waals surface area (Å²) in [6.45, 7) is 1.07. The van der Waals surface area contributed by atoms with Gasteiger partial charge in [-0.05, 0) is 24.7 Å². The first-order chi connectivity index (χ1) is 8.63. The summed E-state index contributed by atoms with van der Waals surface area (Å²) in [5.41, 5.74) is 0.541. The van der Waals surface area contributed by atoms with Gasteiger partial charge in [0.25, 0.3) is 0 Å². The average molecular weight is 272 g/mol. The van der Waals surface area contributed by atoms with Crippen LogP contribution in [0.15, 0.2) is 12.1 Å². The van der Waals surface area contributed by atoms with E-state index in [1.54, 1.807) is 19.2 Å². The van der Waals surface area contributed by atoms with Crippen molar-refractivity contribution in [1.29, 1.82) is 0 Å². The molecule has 2 N–H and O–H groups in total. The first kappa shape index (κ1) is 13.0. The molecule has 0 aromatic heterocycles. The lowest BCUT2D eigenvalue weighted by atomic mass is 10.1. The number of carboxylic acids is 1. The molecule has 1 atom stereocenters. The fourth-order valence-corrected chi connectivity index (χ4v) is 2.12. The highest BCUT2D eigenvalue weighted by Gasteiger charge is 2.22. The van der Waals surface area contributed by atoms with Gasteiger partial charge in [-0.2, -0.15) is 0 Å². The van der Waals surface area contributed by atoms with Gasteiger partial charge in [0.2, 0.25) is 0 Å². The van der Waals surface area contributed by atoms with Crippen LogP contribution in [-0.2, 0) is 4.79 Å². The highest BCUT2D eigenvalue weighted by Crippen LogP contribution is 2.39. The van der Waals surface area contributed by atoms with Crippen LogP contribution in [0.1, 0.15) is 18.0 Å². The molecule has 0 spiro atoms.